The molecule has 308 valence electrons. The quantitative estimate of drug-likeness (QED) is 0.142. The van der Waals surface area contributed by atoms with Gasteiger partial charge < -0.3 is 19.1 Å². The van der Waals surface area contributed by atoms with Crippen LogP contribution in [-0.2, 0) is 26.5 Å². The maximum absolute atomic E-state index is 6.77. The molecule has 0 radical (unpaired) electrons. The molecule has 2 aromatic heterocycles. The van der Waals surface area contributed by atoms with Gasteiger partial charge in [0.15, 0.2) is 0 Å². The summed E-state index contributed by atoms with van der Waals surface area (Å²) in [6, 6.07) is 62.6. The van der Waals surface area contributed by atoms with E-state index >= 15 is 0 Å². The predicted molar refractivity (Wildman–Crippen MR) is 252 cm³/mol. The first-order valence-electron chi connectivity index (χ1n) is 20.8. The first kappa shape index (κ1) is 40.7. The van der Waals surface area contributed by atoms with Gasteiger partial charge in [0.25, 0.3) is 0 Å². The third-order valence-electron chi connectivity index (χ3n) is 11.6. The molecule has 3 heterocycles. The molecule has 1 aliphatic rings. The minimum absolute atomic E-state index is 0. The van der Waals surface area contributed by atoms with Crippen LogP contribution in [0.2, 0.25) is 0 Å². The van der Waals surface area contributed by atoms with Crippen LogP contribution in [0.15, 0.2) is 176 Å². The average molecular weight is 985 g/mol. The molecule has 7 aromatic carbocycles. The van der Waals surface area contributed by atoms with Gasteiger partial charge in [-0.2, -0.15) is 6.07 Å². The summed E-state index contributed by atoms with van der Waals surface area (Å²) in [7, 11) is 0. The zero-order valence-corrected chi connectivity index (χ0v) is 37.6. The number of hydrogen-bond donors (Lipinski definition) is 0. The van der Waals surface area contributed by atoms with Gasteiger partial charge in [0, 0.05) is 55.5 Å². The van der Waals surface area contributed by atoms with Crippen molar-refractivity contribution in [3.63, 3.8) is 0 Å². The van der Waals surface area contributed by atoms with Crippen LogP contribution in [0.3, 0.4) is 0 Å². The zero-order valence-electron chi connectivity index (χ0n) is 35.3. The Morgan fingerprint density at radius 1 is 0.581 bits per heavy atom. The topological polar surface area (TPSA) is 33.5 Å². The minimum Gasteiger partial charge on any atom is -0.509 e. The van der Waals surface area contributed by atoms with Crippen LogP contribution in [-0.4, -0.2) is 9.55 Å². The number of para-hydroxylation sites is 1. The van der Waals surface area contributed by atoms with Crippen molar-refractivity contribution in [1.82, 2.24) is 9.55 Å². The van der Waals surface area contributed by atoms with Gasteiger partial charge in [-0.3, -0.25) is 0 Å². The molecule has 0 bridgehead atoms. The van der Waals surface area contributed by atoms with Crippen LogP contribution in [0.5, 0.6) is 11.5 Å². The van der Waals surface area contributed by atoms with Crippen LogP contribution in [0.1, 0.15) is 37.5 Å². The molecule has 0 amide bonds. The van der Waals surface area contributed by atoms with Crippen molar-refractivity contribution in [3.8, 4) is 50.7 Å². The van der Waals surface area contributed by atoms with E-state index < -0.39 is 0 Å². The van der Waals surface area contributed by atoms with Gasteiger partial charge in [-0.1, -0.05) is 129 Å². The first-order chi connectivity index (χ1) is 29.7. The van der Waals surface area contributed by atoms with Crippen LogP contribution < -0.4 is 14.5 Å². The van der Waals surface area contributed by atoms with E-state index in [4.69, 9.17) is 9.72 Å². The normalized spacial score (nSPS) is 12.6. The molecule has 0 spiro atoms. The summed E-state index contributed by atoms with van der Waals surface area (Å²) in [4.78, 5) is 9.21. The molecule has 5 nitrogen and oxygen atoms in total. The Bertz CT molecular complexity index is 3090. The molecule has 0 saturated heterocycles. The second-order valence-corrected chi connectivity index (χ2v) is 16.8. The fourth-order valence-corrected chi connectivity index (χ4v) is 8.49. The number of rotatable bonds is 8. The SMILES string of the molecule is Cc1cccc(C)c1-c1ccnc(-n2c3[c-]c(Oc4[c-]c(N5C=CN(c6ccc(C(C)(C)C)cc6-c6ccccc6)[CH-]5)cc(-c5ccccc5)c4)ccc3c3ccccc32)c1.[Pt]. The van der Waals surface area contributed by atoms with Gasteiger partial charge in [0.05, 0.1) is 0 Å². The van der Waals surface area contributed by atoms with Gasteiger partial charge in [-0.15, -0.1) is 53.6 Å². The van der Waals surface area contributed by atoms with Crippen LogP contribution in [0.4, 0.5) is 11.4 Å². The third-order valence-corrected chi connectivity index (χ3v) is 11.6. The second kappa shape index (κ2) is 16.6. The van der Waals surface area contributed by atoms with Crippen molar-refractivity contribution in [2.45, 2.75) is 40.0 Å². The maximum Gasteiger partial charge on any atom is 0.136 e. The minimum atomic E-state index is 0. The van der Waals surface area contributed by atoms with Gasteiger partial charge in [0.1, 0.15) is 5.82 Å². The Hall–Kier alpha value is -6.68. The Morgan fingerprint density at radius 3 is 2.05 bits per heavy atom. The molecule has 0 fully saturated rings. The molecule has 0 N–H and O–H groups in total. The Kier molecular flexibility index (Phi) is 10.9. The fraction of sp³-hybridized carbons (Fsp3) is 0.107. The van der Waals surface area contributed by atoms with Crippen molar-refractivity contribution in [2.24, 2.45) is 0 Å². The molecule has 0 aliphatic carbocycles. The van der Waals surface area contributed by atoms with Crippen molar-refractivity contribution in [3.05, 3.63) is 212 Å². The summed E-state index contributed by atoms with van der Waals surface area (Å²) in [5.41, 5.74) is 14.5. The van der Waals surface area contributed by atoms with E-state index in [1.165, 1.54) is 33.4 Å². The number of hydrogen-bond acceptors (Lipinski definition) is 4. The molecule has 9 aromatic rings. The first-order valence-corrected chi connectivity index (χ1v) is 20.8. The van der Waals surface area contributed by atoms with Crippen LogP contribution in [0, 0.1) is 32.6 Å². The number of aromatic nitrogens is 2. The smallest absolute Gasteiger partial charge is 0.136 e. The zero-order chi connectivity index (χ0) is 41.7. The summed E-state index contributed by atoms with van der Waals surface area (Å²) in [6.07, 6.45) is 6.08. The van der Waals surface area contributed by atoms with Crippen LogP contribution in [0.25, 0.3) is 61.0 Å². The molecule has 62 heavy (non-hydrogen) atoms. The fourth-order valence-electron chi connectivity index (χ4n) is 8.49. The van der Waals surface area contributed by atoms with Crippen molar-refractivity contribution in [2.75, 3.05) is 9.80 Å². The number of aryl methyl sites for hydroxylation is 2. The predicted octanol–water partition coefficient (Wildman–Crippen LogP) is 14.4. The van der Waals surface area contributed by atoms with E-state index in [9.17, 15) is 0 Å². The summed E-state index contributed by atoms with van der Waals surface area (Å²) in [6.45, 7) is 13.2. The van der Waals surface area contributed by atoms with E-state index in [1.807, 2.05) is 18.3 Å². The van der Waals surface area contributed by atoms with E-state index in [-0.39, 0.29) is 26.5 Å². The third kappa shape index (κ3) is 7.74. The van der Waals surface area contributed by atoms with Crippen molar-refractivity contribution >= 4 is 33.2 Å². The van der Waals surface area contributed by atoms with E-state index in [2.05, 4.69) is 226 Å². The van der Waals surface area contributed by atoms with Gasteiger partial charge >= 0.3 is 0 Å². The number of anilines is 2. The average Bonchev–Trinajstić information content (AvgIpc) is 3.90. The summed E-state index contributed by atoms with van der Waals surface area (Å²) >= 11 is 0. The van der Waals surface area contributed by atoms with Crippen molar-refractivity contribution < 1.29 is 25.8 Å². The van der Waals surface area contributed by atoms with E-state index in [0.29, 0.717) is 11.5 Å². The van der Waals surface area contributed by atoms with Crippen molar-refractivity contribution in [1.29, 1.82) is 0 Å². The maximum atomic E-state index is 6.77. The Balaban J connectivity index is 0.00000490. The van der Waals surface area contributed by atoms with Gasteiger partial charge in [0.2, 0.25) is 0 Å². The Labute approximate surface area is 378 Å². The largest absolute Gasteiger partial charge is 0.509 e. The number of benzene rings is 7. The number of fused-ring (bicyclic) bond motifs is 3. The molecular formula is C56H45N4OPt-3. The Morgan fingerprint density at radius 2 is 1.29 bits per heavy atom. The molecular weight excluding hydrogens is 940 g/mol. The second-order valence-electron chi connectivity index (χ2n) is 16.8. The van der Waals surface area contributed by atoms with E-state index in [0.717, 1.165) is 55.7 Å². The molecule has 6 heteroatoms. The molecule has 0 unspecified atom stereocenters. The van der Waals surface area contributed by atoms with E-state index in [1.54, 1.807) is 0 Å². The summed E-state index contributed by atoms with van der Waals surface area (Å²) in [5, 5.41) is 2.20. The molecule has 10 rings (SSSR count). The molecule has 0 saturated carbocycles. The summed E-state index contributed by atoms with van der Waals surface area (Å²) < 4.78 is 8.97. The molecule has 0 atom stereocenters. The summed E-state index contributed by atoms with van der Waals surface area (Å²) in [5.74, 6) is 2.00. The standard InChI is InChI=1S/C56H45N4O.Pt/c1-38-15-14-16-39(2)55(38)42-27-28-57-54(33-42)60-52-22-13-12-21-48(52)49-25-24-46(36-53(49)60)61-47-32-43(40-17-8-6-9-18-40)31-45(35-47)58-29-30-59(37-58)51-26-23-44(56(3,4)5)34-50(51)41-19-10-7-11-20-41;/h6-34,37H,1-5H3;/q-3;. The van der Waals surface area contributed by atoms with Gasteiger partial charge in [-0.05, 0) is 106 Å². The number of pyridine rings is 1. The van der Waals surface area contributed by atoms with Gasteiger partial charge in [-0.25, -0.2) is 4.98 Å². The number of ether oxygens (including phenoxy) is 1. The monoisotopic (exact) mass is 984 g/mol. The molecule has 1 aliphatic heterocycles. The van der Waals surface area contributed by atoms with Crippen LogP contribution >= 0.6 is 0 Å². The number of nitrogens with zero attached hydrogens (tertiary/aromatic N) is 4.